The minimum absolute atomic E-state index is 0.0577. The lowest BCUT2D eigenvalue weighted by atomic mass is 10.1. The van der Waals surface area contributed by atoms with E-state index in [0.29, 0.717) is 16.6 Å². The summed E-state index contributed by atoms with van der Waals surface area (Å²) in [6, 6.07) is 20.4. The smallest absolute Gasteiger partial charge is 0.257 e. The van der Waals surface area contributed by atoms with Gasteiger partial charge in [0.2, 0.25) is 0 Å². The van der Waals surface area contributed by atoms with Crippen LogP contribution >= 0.6 is 11.6 Å². The number of aromatic nitrogens is 1. The third-order valence-corrected chi connectivity index (χ3v) is 5.56. The molecule has 7 heteroatoms. The second kappa shape index (κ2) is 8.46. The highest BCUT2D eigenvalue weighted by molar-refractivity contribution is 6.32. The summed E-state index contributed by atoms with van der Waals surface area (Å²) >= 11 is 6.03. The first-order valence-electron chi connectivity index (χ1n) is 9.86. The number of nitrogens with one attached hydrogen (secondary N) is 1. The molecule has 0 aliphatic rings. The summed E-state index contributed by atoms with van der Waals surface area (Å²) in [5.41, 5.74) is 1.27. The van der Waals surface area contributed by atoms with Crippen molar-refractivity contribution in [3.05, 3.63) is 89.3 Å². The van der Waals surface area contributed by atoms with Gasteiger partial charge in [0.1, 0.15) is 11.9 Å². The molecule has 0 aliphatic heterocycles. The van der Waals surface area contributed by atoms with Gasteiger partial charge in [0.05, 0.1) is 17.1 Å². The molecule has 0 saturated heterocycles. The van der Waals surface area contributed by atoms with Crippen LogP contribution in [0.1, 0.15) is 12.5 Å². The number of hydrogen-bond acceptors (Lipinski definition) is 3. The molecule has 32 heavy (non-hydrogen) atoms. The number of nitrogens with zero attached hydrogens (tertiary/aromatic N) is 2. The van der Waals surface area contributed by atoms with E-state index in [1.165, 1.54) is 31.2 Å². The van der Waals surface area contributed by atoms with E-state index in [1.54, 1.807) is 22.9 Å². The van der Waals surface area contributed by atoms with Crippen molar-refractivity contribution in [2.45, 2.75) is 19.1 Å². The lowest BCUT2D eigenvalue weighted by molar-refractivity contribution is -0.133. The first kappa shape index (κ1) is 21.6. The summed E-state index contributed by atoms with van der Waals surface area (Å²) in [6.07, 6.45) is 1.81. The maximum atomic E-state index is 14.0. The standard InChI is InChI=1S/C25H19ClFN3O2/c1-25(32,24(31)29-19-9-7-17(13-28)22(26)12-19)15-30-14-21(16-5-3-2-4-6-16)20-11-18(27)8-10-23(20)30/h2-12,14,32H,15H2,1H3,(H,29,31)/t25-/m1/s1. The van der Waals surface area contributed by atoms with E-state index >= 15 is 0 Å². The van der Waals surface area contributed by atoms with E-state index < -0.39 is 11.5 Å². The van der Waals surface area contributed by atoms with Crippen molar-refractivity contribution in [3.63, 3.8) is 0 Å². The molecular formula is C25H19ClFN3O2. The molecule has 0 bridgehead atoms. The Labute approximate surface area is 189 Å². The molecule has 0 fully saturated rings. The number of aliphatic hydroxyl groups is 1. The first-order chi connectivity index (χ1) is 15.3. The Morgan fingerprint density at radius 1 is 1.19 bits per heavy atom. The molecule has 4 aromatic rings. The monoisotopic (exact) mass is 447 g/mol. The average Bonchev–Trinajstić information content (AvgIpc) is 3.11. The van der Waals surface area contributed by atoms with Crippen molar-refractivity contribution in [2.75, 3.05) is 5.32 Å². The summed E-state index contributed by atoms with van der Waals surface area (Å²) < 4.78 is 15.7. The van der Waals surface area contributed by atoms with Gasteiger partial charge in [-0.1, -0.05) is 41.9 Å². The molecule has 0 unspecified atom stereocenters. The Kier molecular flexibility index (Phi) is 5.70. The van der Waals surface area contributed by atoms with Crippen molar-refractivity contribution in [3.8, 4) is 17.2 Å². The van der Waals surface area contributed by atoms with Gasteiger partial charge in [0.25, 0.3) is 5.91 Å². The van der Waals surface area contributed by atoms with Crippen LogP contribution in [-0.2, 0) is 11.3 Å². The number of amides is 1. The van der Waals surface area contributed by atoms with Crippen LogP contribution in [0.4, 0.5) is 10.1 Å². The molecule has 1 heterocycles. The van der Waals surface area contributed by atoms with Gasteiger partial charge in [-0.15, -0.1) is 0 Å². The Morgan fingerprint density at radius 3 is 2.62 bits per heavy atom. The van der Waals surface area contributed by atoms with Crippen molar-refractivity contribution in [1.82, 2.24) is 4.57 Å². The molecule has 1 amide bonds. The highest BCUT2D eigenvalue weighted by atomic mass is 35.5. The largest absolute Gasteiger partial charge is 0.378 e. The maximum absolute atomic E-state index is 14.0. The summed E-state index contributed by atoms with van der Waals surface area (Å²) in [5.74, 6) is -1.00. The molecule has 0 radical (unpaired) electrons. The van der Waals surface area contributed by atoms with Crippen LogP contribution in [0.2, 0.25) is 5.02 Å². The lowest BCUT2D eigenvalue weighted by Gasteiger charge is -2.23. The van der Waals surface area contributed by atoms with Gasteiger partial charge in [0, 0.05) is 28.4 Å². The molecule has 4 rings (SSSR count). The molecule has 160 valence electrons. The van der Waals surface area contributed by atoms with Gasteiger partial charge in [-0.05, 0) is 48.9 Å². The molecule has 1 atom stereocenters. The molecule has 0 aliphatic carbocycles. The Morgan fingerprint density at radius 2 is 1.94 bits per heavy atom. The van der Waals surface area contributed by atoms with Crippen molar-refractivity contribution >= 4 is 34.1 Å². The molecule has 0 spiro atoms. The number of benzene rings is 3. The summed E-state index contributed by atoms with van der Waals surface area (Å²) in [5, 5.41) is 23.5. The van der Waals surface area contributed by atoms with Crippen molar-refractivity contribution in [2.24, 2.45) is 0 Å². The second-order valence-electron chi connectivity index (χ2n) is 7.73. The third-order valence-electron chi connectivity index (χ3n) is 5.24. The van der Waals surface area contributed by atoms with Crippen LogP contribution < -0.4 is 5.32 Å². The molecule has 0 saturated carbocycles. The van der Waals surface area contributed by atoms with E-state index in [1.807, 2.05) is 36.4 Å². The van der Waals surface area contributed by atoms with Crippen LogP contribution in [0, 0.1) is 17.1 Å². The van der Waals surface area contributed by atoms with Gasteiger partial charge in [-0.25, -0.2) is 4.39 Å². The summed E-state index contributed by atoms with van der Waals surface area (Å²) in [4.78, 5) is 12.8. The van der Waals surface area contributed by atoms with E-state index in [-0.39, 0.29) is 22.9 Å². The fourth-order valence-electron chi connectivity index (χ4n) is 3.60. The second-order valence-corrected chi connectivity index (χ2v) is 8.14. The van der Waals surface area contributed by atoms with E-state index in [4.69, 9.17) is 16.9 Å². The number of halogens is 2. The summed E-state index contributed by atoms with van der Waals surface area (Å²) in [7, 11) is 0. The molecule has 1 aromatic heterocycles. The van der Waals surface area contributed by atoms with Crippen LogP contribution in [0.15, 0.2) is 72.9 Å². The van der Waals surface area contributed by atoms with E-state index in [2.05, 4.69) is 5.32 Å². The number of carbonyl (C=O) groups is 1. The van der Waals surface area contributed by atoms with Gasteiger partial charge in [-0.3, -0.25) is 4.79 Å². The van der Waals surface area contributed by atoms with Gasteiger partial charge >= 0.3 is 0 Å². The van der Waals surface area contributed by atoms with Crippen LogP contribution in [0.3, 0.4) is 0 Å². The predicted octanol–water partition coefficient (Wildman–Crippen LogP) is 5.36. The predicted molar refractivity (Wildman–Crippen MR) is 123 cm³/mol. The molecule has 3 aromatic carbocycles. The topological polar surface area (TPSA) is 78.1 Å². The number of fused-ring (bicyclic) bond motifs is 1. The van der Waals surface area contributed by atoms with Crippen molar-refractivity contribution < 1.29 is 14.3 Å². The van der Waals surface area contributed by atoms with Gasteiger partial charge in [0.15, 0.2) is 5.60 Å². The van der Waals surface area contributed by atoms with Gasteiger partial charge < -0.3 is 15.0 Å². The Bertz CT molecular complexity index is 1360. The fourth-order valence-corrected chi connectivity index (χ4v) is 3.82. The maximum Gasteiger partial charge on any atom is 0.257 e. The SMILES string of the molecule is C[C@@](O)(Cn1cc(-c2ccccc2)c2cc(F)ccc21)C(=O)Nc1ccc(C#N)c(Cl)c1. The summed E-state index contributed by atoms with van der Waals surface area (Å²) in [6.45, 7) is 1.35. The van der Waals surface area contributed by atoms with Crippen LogP contribution in [-0.4, -0.2) is 21.2 Å². The number of anilines is 1. The molecular weight excluding hydrogens is 429 g/mol. The minimum atomic E-state index is -1.78. The minimum Gasteiger partial charge on any atom is -0.378 e. The van der Waals surface area contributed by atoms with E-state index in [0.717, 1.165) is 11.1 Å². The Balaban J connectivity index is 1.65. The zero-order chi connectivity index (χ0) is 22.9. The fraction of sp³-hybridized carbons (Fsp3) is 0.120. The van der Waals surface area contributed by atoms with E-state index in [9.17, 15) is 14.3 Å². The van der Waals surface area contributed by atoms with Crippen LogP contribution in [0.25, 0.3) is 22.0 Å². The molecule has 5 nitrogen and oxygen atoms in total. The number of carbonyl (C=O) groups excluding carboxylic acids is 1. The number of hydrogen-bond donors (Lipinski definition) is 2. The normalized spacial score (nSPS) is 12.8. The Hall–Kier alpha value is -3.66. The quantitative estimate of drug-likeness (QED) is 0.432. The number of nitriles is 1. The average molecular weight is 448 g/mol. The van der Waals surface area contributed by atoms with Crippen LogP contribution in [0.5, 0.6) is 0 Å². The zero-order valence-corrected chi connectivity index (χ0v) is 17.9. The third kappa shape index (κ3) is 4.22. The first-order valence-corrected chi connectivity index (χ1v) is 10.2. The highest BCUT2D eigenvalue weighted by Crippen LogP contribution is 2.32. The number of rotatable bonds is 5. The highest BCUT2D eigenvalue weighted by Gasteiger charge is 2.32. The van der Waals surface area contributed by atoms with Crippen molar-refractivity contribution in [1.29, 1.82) is 5.26 Å². The lowest BCUT2D eigenvalue weighted by Crippen LogP contribution is -2.43. The van der Waals surface area contributed by atoms with Gasteiger partial charge in [-0.2, -0.15) is 5.26 Å². The molecule has 2 N–H and O–H groups in total. The zero-order valence-electron chi connectivity index (χ0n) is 17.1.